The first kappa shape index (κ1) is 16.0. The number of carbonyl (C=O) groups is 2. The van der Waals surface area contributed by atoms with E-state index in [1.54, 1.807) is 6.92 Å². The Labute approximate surface area is 116 Å². The maximum Gasteiger partial charge on any atom is 0.311 e. The summed E-state index contributed by atoms with van der Waals surface area (Å²) in [4.78, 5) is 23.4. The van der Waals surface area contributed by atoms with E-state index >= 15 is 0 Å². The third-order valence-corrected chi connectivity index (χ3v) is 4.75. The lowest BCUT2D eigenvalue weighted by atomic mass is 9.79. The highest BCUT2D eigenvalue weighted by Crippen LogP contribution is 2.38. The predicted octanol–water partition coefficient (Wildman–Crippen LogP) is 2.82. The van der Waals surface area contributed by atoms with E-state index in [4.69, 9.17) is 0 Å². The van der Waals surface area contributed by atoms with Gasteiger partial charge in [-0.05, 0) is 31.1 Å². The molecule has 0 aromatic heterocycles. The topological polar surface area (TPSA) is 66.4 Å². The number of carboxylic acid groups (broad SMARTS) is 1. The molecule has 0 saturated heterocycles. The van der Waals surface area contributed by atoms with Crippen molar-refractivity contribution in [1.29, 1.82) is 0 Å². The Kier molecular flexibility index (Phi) is 4.64. The maximum atomic E-state index is 12.1. The molecule has 2 N–H and O–H groups in total. The van der Waals surface area contributed by atoms with Crippen LogP contribution in [0.1, 0.15) is 60.3 Å². The Balaban J connectivity index is 2.60. The van der Waals surface area contributed by atoms with E-state index in [9.17, 15) is 14.7 Å². The van der Waals surface area contributed by atoms with Crippen LogP contribution in [0, 0.1) is 16.7 Å². The average molecular weight is 269 g/mol. The predicted molar refractivity (Wildman–Crippen MR) is 74.8 cm³/mol. The smallest absolute Gasteiger partial charge is 0.311 e. The number of rotatable bonds is 4. The number of hydrogen-bond donors (Lipinski definition) is 2. The van der Waals surface area contributed by atoms with Crippen molar-refractivity contribution in [3.63, 3.8) is 0 Å². The Bertz CT molecular complexity index is 359. The Morgan fingerprint density at radius 1 is 1.42 bits per heavy atom. The highest BCUT2D eigenvalue weighted by molar-refractivity contribution is 5.80. The van der Waals surface area contributed by atoms with Crippen molar-refractivity contribution in [3.05, 3.63) is 0 Å². The molecule has 0 heterocycles. The van der Waals surface area contributed by atoms with Crippen LogP contribution in [0.15, 0.2) is 0 Å². The van der Waals surface area contributed by atoms with Gasteiger partial charge >= 0.3 is 5.97 Å². The molecule has 1 aliphatic carbocycles. The second-order valence-corrected chi connectivity index (χ2v) is 7.21. The van der Waals surface area contributed by atoms with Gasteiger partial charge in [-0.15, -0.1) is 0 Å². The number of amides is 1. The summed E-state index contributed by atoms with van der Waals surface area (Å²) in [7, 11) is 0. The first-order valence-electron chi connectivity index (χ1n) is 7.10. The number of carboxylic acids is 1. The molecule has 0 bridgehead atoms. The molecule has 4 nitrogen and oxygen atoms in total. The SMILES string of the molecule is CC(CC(=O)NC1CCCC1(C)C(=O)O)C(C)(C)C. The van der Waals surface area contributed by atoms with Crippen LogP contribution in [0.2, 0.25) is 0 Å². The van der Waals surface area contributed by atoms with Crippen LogP contribution in [0.4, 0.5) is 0 Å². The number of carbonyl (C=O) groups excluding carboxylic acids is 1. The summed E-state index contributed by atoms with van der Waals surface area (Å²) < 4.78 is 0. The van der Waals surface area contributed by atoms with Crippen molar-refractivity contribution < 1.29 is 14.7 Å². The molecule has 3 atom stereocenters. The quantitative estimate of drug-likeness (QED) is 0.824. The van der Waals surface area contributed by atoms with Crippen LogP contribution in [0.3, 0.4) is 0 Å². The summed E-state index contributed by atoms with van der Waals surface area (Å²) in [5.74, 6) is -0.564. The van der Waals surface area contributed by atoms with E-state index in [1.807, 2.05) is 0 Å². The molecule has 0 spiro atoms. The monoisotopic (exact) mass is 269 g/mol. The number of nitrogens with one attached hydrogen (secondary N) is 1. The van der Waals surface area contributed by atoms with Gasteiger partial charge < -0.3 is 10.4 Å². The highest BCUT2D eigenvalue weighted by Gasteiger charge is 2.45. The summed E-state index contributed by atoms with van der Waals surface area (Å²) in [6.45, 7) is 10.1. The van der Waals surface area contributed by atoms with Crippen molar-refractivity contribution in [1.82, 2.24) is 5.32 Å². The van der Waals surface area contributed by atoms with Crippen LogP contribution in [-0.2, 0) is 9.59 Å². The zero-order valence-electron chi connectivity index (χ0n) is 12.7. The van der Waals surface area contributed by atoms with Gasteiger partial charge in [0.1, 0.15) is 0 Å². The van der Waals surface area contributed by atoms with Crippen LogP contribution in [0.25, 0.3) is 0 Å². The molecule has 1 fully saturated rings. The fourth-order valence-electron chi connectivity index (χ4n) is 2.49. The minimum Gasteiger partial charge on any atom is -0.481 e. The van der Waals surface area contributed by atoms with Gasteiger partial charge in [0.15, 0.2) is 0 Å². The highest BCUT2D eigenvalue weighted by atomic mass is 16.4. The van der Waals surface area contributed by atoms with Crippen molar-refractivity contribution >= 4 is 11.9 Å². The number of aliphatic carboxylic acids is 1. The summed E-state index contributed by atoms with van der Waals surface area (Å²) in [5, 5.41) is 12.2. The normalized spacial score (nSPS) is 29.0. The molecule has 1 saturated carbocycles. The molecular weight excluding hydrogens is 242 g/mol. The van der Waals surface area contributed by atoms with Gasteiger partial charge in [0, 0.05) is 12.5 Å². The molecule has 1 rings (SSSR count). The van der Waals surface area contributed by atoms with Crippen LogP contribution in [-0.4, -0.2) is 23.0 Å². The lowest BCUT2D eigenvalue weighted by Crippen LogP contribution is -2.47. The molecule has 0 aromatic carbocycles. The molecule has 19 heavy (non-hydrogen) atoms. The molecule has 0 aromatic rings. The van der Waals surface area contributed by atoms with Gasteiger partial charge in [-0.1, -0.05) is 34.1 Å². The fraction of sp³-hybridized carbons (Fsp3) is 0.867. The van der Waals surface area contributed by atoms with E-state index in [0.29, 0.717) is 12.8 Å². The van der Waals surface area contributed by atoms with E-state index < -0.39 is 11.4 Å². The van der Waals surface area contributed by atoms with Gasteiger partial charge in [0.25, 0.3) is 0 Å². The third-order valence-electron chi connectivity index (χ3n) is 4.75. The zero-order chi connectivity index (χ0) is 14.8. The number of hydrogen-bond acceptors (Lipinski definition) is 2. The van der Waals surface area contributed by atoms with Crippen LogP contribution in [0.5, 0.6) is 0 Å². The largest absolute Gasteiger partial charge is 0.481 e. The van der Waals surface area contributed by atoms with Crippen LogP contribution >= 0.6 is 0 Å². The molecular formula is C15H27NO3. The lowest BCUT2D eigenvalue weighted by Gasteiger charge is -2.30. The molecule has 4 heteroatoms. The summed E-state index contributed by atoms with van der Waals surface area (Å²) in [6, 6.07) is -0.232. The maximum absolute atomic E-state index is 12.1. The van der Waals surface area contributed by atoms with E-state index in [1.165, 1.54) is 0 Å². The Morgan fingerprint density at radius 3 is 2.47 bits per heavy atom. The molecule has 0 radical (unpaired) electrons. The van der Waals surface area contributed by atoms with Gasteiger partial charge in [0.2, 0.25) is 5.91 Å². The third kappa shape index (κ3) is 3.71. The Morgan fingerprint density at radius 2 is 2.00 bits per heavy atom. The van der Waals surface area contributed by atoms with Gasteiger partial charge in [-0.3, -0.25) is 9.59 Å². The fourth-order valence-corrected chi connectivity index (χ4v) is 2.49. The summed E-state index contributed by atoms with van der Waals surface area (Å²) in [6.07, 6.45) is 2.72. The van der Waals surface area contributed by atoms with Gasteiger partial charge in [-0.25, -0.2) is 0 Å². The summed E-state index contributed by atoms with van der Waals surface area (Å²) in [5.41, 5.74) is -0.719. The first-order chi connectivity index (χ1) is 8.57. The van der Waals surface area contributed by atoms with Gasteiger partial charge in [0.05, 0.1) is 5.41 Å². The second-order valence-electron chi connectivity index (χ2n) is 7.21. The van der Waals surface area contributed by atoms with E-state index in [-0.39, 0.29) is 23.3 Å². The average Bonchev–Trinajstić information content (AvgIpc) is 2.60. The molecule has 3 unspecified atom stereocenters. The molecule has 1 aliphatic rings. The van der Waals surface area contributed by atoms with Crippen molar-refractivity contribution in [2.24, 2.45) is 16.7 Å². The van der Waals surface area contributed by atoms with Crippen molar-refractivity contribution in [2.45, 2.75) is 66.3 Å². The van der Waals surface area contributed by atoms with Crippen molar-refractivity contribution in [2.75, 3.05) is 0 Å². The molecule has 110 valence electrons. The first-order valence-corrected chi connectivity index (χ1v) is 7.10. The minimum atomic E-state index is -0.806. The second kappa shape index (κ2) is 5.51. The van der Waals surface area contributed by atoms with Crippen LogP contribution < -0.4 is 5.32 Å². The zero-order valence-corrected chi connectivity index (χ0v) is 12.7. The summed E-state index contributed by atoms with van der Waals surface area (Å²) >= 11 is 0. The molecule has 0 aliphatic heterocycles. The lowest BCUT2D eigenvalue weighted by molar-refractivity contribution is -0.149. The standard InChI is InChI=1S/C15H27NO3/c1-10(14(2,3)4)9-12(17)16-11-7-6-8-15(11,5)13(18)19/h10-11H,6-9H2,1-5H3,(H,16,17)(H,18,19). The Hall–Kier alpha value is -1.06. The van der Waals surface area contributed by atoms with Gasteiger partial charge in [-0.2, -0.15) is 0 Å². The molecule has 1 amide bonds. The van der Waals surface area contributed by atoms with E-state index in [0.717, 1.165) is 12.8 Å². The van der Waals surface area contributed by atoms with Crippen molar-refractivity contribution in [3.8, 4) is 0 Å². The minimum absolute atomic E-state index is 0.0261. The van der Waals surface area contributed by atoms with E-state index in [2.05, 4.69) is 33.0 Å².